The van der Waals surface area contributed by atoms with E-state index in [4.69, 9.17) is 4.74 Å². The molecule has 27 heavy (non-hydrogen) atoms. The van der Waals surface area contributed by atoms with Gasteiger partial charge in [0.15, 0.2) is 11.6 Å². The summed E-state index contributed by atoms with van der Waals surface area (Å²) in [5.41, 5.74) is 2.63. The van der Waals surface area contributed by atoms with Crippen LogP contribution in [0.4, 0.5) is 0 Å². The van der Waals surface area contributed by atoms with E-state index in [0.717, 1.165) is 26.1 Å². The third-order valence-electron chi connectivity index (χ3n) is 5.58. The van der Waals surface area contributed by atoms with Crippen molar-refractivity contribution in [1.29, 1.82) is 0 Å². The Kier molecular flexibility index (Phi) is 5.35. The Balaban J connectivity index is 1.29. The molecule has 140 valence electrons. The minimum absolute atomic E-state index is 0.0942. The average molecular weight is 363 g/mol. The molecule has 1 fully saturated rings. The van der Waals surface area contributed by atoms with Gasteiger partial charge in [0.1, 0.15) is 5.75 Å². The van der Waals surface area contributed by atoms with Crippen molar-refractivity contribution in [1.82, 2.24) is 4.90 Å². The molecule has 2 aromatic carbocycles. The minimum Gasteiger partial charge on any atom is -0.492 e. The fourth-order valence-corrected chi connectivity index (χ4v) is 4.07. The van der Waals surface area contributed by atoms with Gasteiger partial charge in [0.2, 0.25) is 0 Å². The molecule has 2 aromatic rings. The highest BCUT2D eigenvalue weighted by Gasteiger charge is 2.24. The Morgan fingerprint density at radius 1 is 1.15 bits per heavy atom. The molecule has 0 aliphatic carbocycles. The zero-order chi connectivity index (χ0) is 18.6. The number of likely N-dealkylation sites (tertiary alicyclic amines) is 1. The number of hydrogen-bond donors (Lipinski definition) is 0. The molecular formula is C23H25NO3. The summed E-state index contributed by atoms with van der Waals surface area (Å²) in [5, 5.41) is 0. The summed E-state index contributed by atoms with van der Waals surface area (Å²) < 4.78 is 5.55. The number of benzene rings is 2. The van der Waals surface area contributed by atoms with Gasteiger partial charge in [-0.15, -0.1) is 0 Å². The molecule has 4 rings (SSSR count). The van der Waals surface area contributed by atoms with E-state index in [1.807, 2.05) is 0 Å². The maximum absolute atomic E-state index is 12.6. The Morgan fingerprint density at radius 3 is 2.85 bits per heavy atom. The molecule has 1 atom stereocenters. The lowest BCUT2D eigenvalue weighted by Gasteiger charge is -2.18. The van der Waals surface area contributed by atoms with Crippen molar-refractivity contribution in [2.24, 2.45) is 5.92 Å². The number of fused-ring (bicyclic) bond motifs is 1. The van der Waals surface area contributed by atoms with Crippen LogP contribution in [-0.2, 0) is 6.42 Å². The van der Waals surface area contributed by atoms with Gasteiger partial charge in [-0.1, -0.05) is 36.4 Å². The summed E-state index contributed by atoms with van der Waals surface area (Å²) in [5.74, 6) is 1.44. The molecule has 2 aliphatic rings. The fourth-order valence-electron chi connectivity index (χ4n) is 4.07. The summed E-state index contributed by atoms with van der Waals surface area (Å²) >= 11 is 0. The van der Waals surface area contributed by atoms with Crippen molar-refractivity contribution >= 4 is 11.6 Å². The van der Waals surface area contributed by atoms with E-state index in [9.17, 15) is 9.59 Å². The highest BCUT2D eigenvalue weighted by Crippen LogP contribution is 2.27. The lowest BCUT2D eigenvalue weighted by Crippen LogP contribution is -2.24. The Morgan fingerprint density at radius 2 is 2.00 bits per heavy atom. The van der Waals surface area contributed by atoms with Gasteiger partial charge in [0.25, 0.3) is 0 Å². The Bertz CT molecular complexity index is 831. The standard InChI is InChI=1S/C23H25NO3/c25-21(19-6-7-20-22(26)10-13-27-23(20)15-19)9-12-24-11-8-18(16-24)14-17-4-2-1-3-5-17/h1-7,15,18H,8-14,16H2. The van der Waals surface area contributed by atoms with Crippen molar-refractivity contribution in [2.45, 2.75) is 25.7 Å². The molecule has 1 unspecified atom stereocenters. The second-order valence-corrected chi connectivity index (χ2v) is 7.55. The number of ether oxygens (including phenoxy) is 1. The number of ketones is 2. The van der Waals surface area contributed by atoms with Gasteiger partial charge in [-0.05, 0) is 43.0 Å². The van der Waals surface area contributed by atoms with Gasteiger partial charge < -0.3 is 9.64 Å². The molecule has 2 heterocycles. The van der Waals surface area contributed by atoms with Gasteiger partial charge in [0.05, 0.1) is 12.2 Å². The third kappa shape index (κ3) is 4.28. The molecule has 0 amide bonds. The number of rotatable bonds is 6. The summed E-state index contributed by atoms with van der Waals surface area (Å²) in [6.45, 7) is 3.32. The highest BCUT2D eigenvalue weighted by molar-refractivity contribution is 6.02. The first-order valence-corrected chi connectivity index (χ1v) is 9.78. The first-order valence-electron chi connectivity index (χ1n) is 9.78. The normalized spacial score (nSPS) is 19.6. The Labute approximate surface area is 160 Å². The number of hydrogen-bond acceptors (Lipinski definition) is 4. The molecule has 4 nitrogen and oxygen atoms in total. The topological polar surface area (TPSA) is 46.6 Å². The van der Waals surface area contributed by atoms with E-state index in [-0.39, 0.29) is 11.6 Å². The molecule has 0 bridgehead atoms. The van der Waals surface area contributed by atoms with Crippen LogP contribution in [-0.4, -0.2) is 42.7 Å². The SMILES string of the molecule is O=C(CCN1CCC(Cc2ccccc2)C1)c1ccc2c(c1)OCCC2=O. The van der Waals surface area contributed by atoms with E-state index in [1.54, 1.807) is 18.2 Å². The van der Waals surface area contributed by atoms with Crippen LogP contribution in [0.5, 0.6) is 5.75 Å². The van der Waals surface area contributed by atoms with Crippen LogP contribution >= 0.6 is 0 Å². The molecule has 1 saturated heterocycles. The van der Waals surface area contributed by atoms with Crippen LogP contribution in [0.25, 0.3) is 0 Å². The lowest BCUT2D eigenvalue weighted by molar-refractivity contribution is 0.0926. The second-order valence-electron chi connectivity index (χ2n) is 7.55. The summed E-state index contributed by atoms with van der Waals surface area (Å²) in [6.07, 6.45) is 3.23. The predicted octanol–water partition coefficient (Wildman–Crippen LogP) is 3.79. The van der Waals surface area contributed by atoms with Crippen molar-refractivity contribution < 1.29 is 14.3 Å². The molecule has 0 N–H and O–H groups in total. The third-order valence-corrected chi connectivity index (χ3v) is 5.58. The second kappa shape index (κ2) is 8.05. The quantitative estimate of drug-likeness (QED) is 0.733. The summed E-state index contributed by atoms with van der Waals surface area (Å²) in [7, 11) is 0. The monoisotopic (exact) mass is 363 g/mol. The van der Waals surface area contributed by atoms with E-state index in [2.05, 4.69) is 35.2 Å². The van der Waals surface area contributed by atoms with E-state index in [0.29, 0.717) is 42.2 Å². The number of carbonyl (C=O) groups excluding carboxylic acids is 2. The van der Waals surface area contributed by atoms with Crippen LogP contribution in [0.1, 0.15) is 45.5 Å². The smallest absolute Gasteiger partial charge is 0.169 e. The van der Waals surface area contributed by atoms with E-state index < -0.39 is 0 Å². The molecule has 0 spiro atoms. The van der Waals surface area contributed by atoms with Gasteiger partial charge in [0, 0.05) is 31.5 Å². The van der Waals surface area contributed by atoms with Crippen molar-refractivity contribution in [3.8, 4) is 5.75 Å². The number of carbonyl (C=O) groups is 2. The first kappa shape index (κ1) is 17.9. The molecule has 0 saturated carbocycles. The summed E-state index contributed by atoms with van der Waals surface area (Å²) in [6, 6.07) is 15.8. The van der Waals surface area contributed by atoms with Crippen LogP contribution < -0.4 is 4.74 Å². The molecule has 0 radical (unpaired) electrons. The van der Waals surface area contributed by atoms with Crippen LogP contribution in [0, 0.1) is 5.92 Å². The van der Waals surface area contributed by atoms with Crippen LogP contribution in [0.2, 0.25) is 0 Å². The van der Waals surface area contributed by atoms with Gasteiger partial charge in [-0.3, -0.25) is 9.59 Å². The van der Waals surface area contributed by atoms with Crippen molar-refractivity contribution in [2.75, 3.05) is 26.2 Å². The fraction of sp³-hybridized carbons (Fsp3) is 0.391. The number of nitrogens with zero attached hydrogens (tertiary/aromatic N) is 1. The zero-order valence-electron chi connectivity index (χ0n) is 15.5. The lowest BCUT2D eigenvalue weighted by atomic mass is 9.99. The predicted molar refractivity (Wildman–Crippen MR) is 105 cm³/mol. The number of Topliss-reactive ketones (excluding diaryl/α,β-unsaturated/α-hetero) is 2. The zero-order valence-corrected chi connectivity index (χ0v) is 15.5. The maximum atomic E-state index is 12.6. The van der Waals surface area contributed by atoms with Crippen LogP contribution in [0.3, 0.4) is 0 Å². The first-order chi connectivity index (χ1) is 13.2. The molecule has 2 aliphatic heterocycles. The van der Waals surface area contributed by atoms with Crippen molar-refractivity contribution in [3.63, 3.8) is 0 Å². The van der Waals surface area contributed by atoms with E-state index >= 15 is 0 Å². The average Bonchev–Trinajstić information content (AvgIpc) is 3.14. The molecule has 0 aromatic heterocycles. The Hall–Kier alpha value is -2.46. The highest BCUT2D eigenvalue weighted by atomic mass is 16.5. The molecule has 4 heteroatoms. The van der Waals surface area contributed by atoms with Gasteiger partial charge in [-0.2, -0.15) is 0 Å². The minimum atomic E-state index is 0.0942. The van der Waals surface area contributed by atoms with Gasteiger partial charge >= 0.3 is 0 Å². The van der Waals surface area contributed by atoms with Crippen molar-refractivity contribution in [3.05, 3.63) is 65.2 Å². The van der Waals surface area contributed by atoms with E-state index in [1.165, 1.54) is 12.0 Å². The molecular weight excluding hydrogens is 338 g/mol. The largest absolute Gasteiger partial charge is 0.492 e. The van der Waals surface area contributed by atoms with Crippen LogP contribution in [0.15, 0.2) is 48.5 Å². The summed E-state index contributed by atoms with van der Waals surface area (Å²) in [4.78, 5) is 26.8. The maximum Gasteiger partial charge on any atom is 0.169 e. The van der Waals surface area contributed by atoms with Gasteiger partial charge in [-0.25, -0.2) is 0 Å².